The third kappa shape index (κ3) is 4.41. The van der Waals surface area contributed by atoms with Crippen molar-refractivity contribution in [1.82, 2.24) is 10.3 Å². The molecule has 1 heterocycles. The Hall–Kier alpha value is -3.85. The molecule has 0 aliphatic carbocycles. The number of carbonyl (C=O) groups excluding carboxylic acids is 1. The number of hydrogen-bond acceptors (Lipinski definition) is 5. The number of nitriles is 1. The van der Waals surface area contributed by atoms with Gasteiger partial charge < -0.3 is 15.8 Å². The number of nitrogen functional groups attached to an aromatic ring is 1. The van der Waals surface area contributed by atoms with Crippen LogP contribution < -0.4 is 15.8 Å². The number of nitrogens with one attached hydrogen (secondary N) is 1. The van der Waals surface area contributed by atoms with Crippen molar-refractivity contribution >= 4 is 11.7 Å². The summed E-state index contributed by atoms with van der Waals surface area (Å²) in [5.74, 6) is 1.05. The molecule has 2 aromatic carbocycles. The lowest BCUT2D eigenvalue weighted by Gasteiger charge is -2.10. The molecule has 0 fully saturated rings. The second kappa shape index (κ2) is 8.02. The first kappa shape index (κ1) is 18.0. The van der Waals surface area contributed by atoms with Crippen molar-refractivity contribution in [3.8, 4) is 17.6 Å². The maximum absolute atomic E-state index is 12.2. The van der Waals surface area contributed by atoms with Crippen molar-refractivity contribution < 1.29 is 9.53 Å². The van der Waals surface area contributed by atoms with Gasteiger partial charge in [0.2, 0.25) is 0 Å². The van der Waals surface area contributed by atoms with Crippen molar-refractivity contribution in [2.45, 2.75) is 13.5 Å². The Balaban J connectivity index is 1.62. The number of amides is 1. The Morgan fingerprint density at radius 1 is 1.15 bits per heavy atom. The van der Waals surface area contributed by atoms with E-state index < -0.39 is 0 Å². The quantitative estimate of drug-likeness (QED) is 0.726. The Morgan fingerprint density at radius 3 is 2.59 bits per heavy atom. The van der Waals surface area contributed by atoms with Crippen LogP contribution in [0.2, 0.25) is 0 Å². The van der Waals surface area contributed by atoms with Crippen LogP contribution in [0.5, 0.6) is 11.5 Å². The van der Waals surface area contributed by atoms with Crippen LogP contribution in [0.15, 0.2) is 60.7 Å². The largest absolute Gasteiger partial charge is 0.456 e. The molecule has 0 saturated heterocycles. The lowest BCUT2D eigenvalue weighted by Crippen LogP contribution is -2.24. The fraction of sp³-hybridized carbons (Fsp3) is 0.0952. The molecule has 27 heavy (non-hydrogen) atoms. The van der Waals surface area contributed by atoms with Gasteiger partial charge in [0.1, 0.15) is 23.4 Å². The van der Waals surface area contributed by atoms with Gasteiger partial charge in [0, 0.05) is 12.2 Å². The van der Waals surface area contributed by atoms with Gasteiger partial charge in [-0.2, -0.15) is 5.26 Å². The highest BCUT2D eigenvalue weighted by molar-refractivity contribution is 5.98. The third-order valence-corrected chi connectivity index (χ3v) is 3.92. The molecule has 0 aliphatic rings. The summed E-state index contributed by atoms with van der Waals surface area (Å²) >= 11 is 0. The molecule has 1 aromatic heterocycles. The molecule has 3 aromatic rings. The van der Waals surface area contributed by atoms with Gasteiger partial charge in [-0.15, -0.1) is 0 Å². The lowest BCUT2D eigenvalue weighted by molar-refractivity contribution is 0.0951. The molecule has 3 N–H and O–H groups in total. The van der Waals surface area contributed by atoms with E-state index in [1.807, 2.05) is 25.1 Å². The topological polar surface area (TPSA) is 101 Å². The molecule has 0 bridgehead atoms. The van der Waals surface area contributed by atoms with Gasteiger partial charge in [-0.05, 0) is 48.9 Å². The molecule has 1 amide bonds. The van der Waals surface area contributed by atoms with E-state index in [4.69, 9.17) is 15.7 Å². The molecule has 0 aliphatic heterocycles. The number of nitrogens with two attached hydrogens (primary N) is 1. The van der Waals surface area contributed by atoms with Crippen molar-refractivity contribution in [3.63, 3.8) is 0 Å². The van der Waals surface area contributed by atoms with Crippen LogP contribution in [0.3, 0.4) is 0 Å². The molecular formula is C21H18N4O2. The fourth-order valence-corrected chi connectivity index (χ4v) is 2.50. The Morgan fingerprint density at radius 2 is 1.89 bits per heavy atom. The highest BCUT2D eigenvalue weighted by Crippen LogP contribution is 2.24. The molecule has 0 unspecified atom stereocenters. The van der Waals surface area contributed by atoms with Crippen molar-refractivity contribution in [2.75, 3.05) is 5.73 Å². The number of benzene rings is 2. The first-order valence-corrected chi connectivity index (χ1v) is 8.34. The zero-order valence-electron chi connectivity index (χ0n) is 14.8. The van der Waals surface area contributed by atoms with Crippen LogP contribution in [0.1, 0.15) is 27.2 Å². The summed E-state index contributed by atoms with van der Waals surface area (Å²) in [6.07, 6.45) is 0. The number of rotatable bonds is 5. The van der Waals surface area contributed by atoms with Crippen molar-refractivity contribution in [3.05, 3.63) is 83.0 Å². The molecule has 0 saturated carbocycles. The molecule has 6 nitrogen and oxygen atoms in total. The highest BCUT2D eigenvalue weighted by Gasteiger charge is 2.10. The first-order chi connectivity index (χ1) is 13.1. The summed E-state index contributed by atoms with van der Waals surface area (Å²) < 4.78 is 5.74. The molecular weight excluding hydrogens is 340 g/mol. The summed E-state index contributed by atoms with van der Waals surface area (Å²) in [5, 5.41) is 11.9. The van der Waals surface area contributed by atoms with Crippen LogP contribution in [0.25, 0.3) is 0 Å². The maximum atomic E-state index is 12.2. The number of aromatic nitrogens is 1. The van der Waals surface area contributed by atoms with Crippen LogP contribution >= 0.6 is 0 Å². The predicted octanol–water partition coefficient (Wildman–Crippen LogP) is 3.57. The monoisotopic (exact) mass is 358 g/mol. The molecule has 6 heteroatoms. The fourth-order valence-electron chi connectivity index (χ4n) is 2.50. The summed E-state index contributed by atoms with van der Waals surface area (Å²) in [7, 11) is 0. The second-order valence-corrected chi connectivity index (χ2v) is 5.92. The van der Waals surface area contributed by atoms with Gasteiger partial charge in [-0.3, -0.25) is 4.79 Å². The number of para-hydroxylation sites is 1. The zero-order chi connectivity index (χ0) is 19.2. The number of pyridine rings is 1. The van der Waals surface area contributed by atoms with E-state index in [1.165, 1.54) is 0 Å². The standard InChI is InChI=1S/C21H18N4O2/c1-14-6-11-18(20(23)25-14)21(26)24-13-15-7-9-17(10-8-15)27-19-5-3-2-4-16(19)12-22/h2-11H,13H2,1H3,(H2,23,25)(H,24,26). The SMILES string of the molecule is Cc1ccc(C(=O)NCc2ccc(Oc3ccccc3C#N)cc2)c(N)n1. The van der Waals surface area contributed by atoms with Crippen molar-refractivity contribution in [2.24, 2.45) is 0 Å². The van der Waals surface area contributed by atoms with Crippen molar-refractivity contribution in [1.29, 1.82) is 5.26 Å². The van der Waals surface area contributed by atoms with Crippen LogP contribution in [0, 0.1) is 18.3 Å². The zero-order valence-corrected chi connectivity index (χ0v) is 14.8. The number of nitrogens with zero attached hydrogens (tertiary/aromatic N) is 2. The van der Waals surface area contributed by atoms with E-state index >= 15 is 0 Å². The van der Waals surface area contributed by atoms with Crippen LogP contribution in [-0.2, 0) is 6.54 Å². The van der Waals surface area contributed by atoms with Gasteiger partial charge in [-0.25, -0.2) is 4.98 Å². The smallest absolute Gasteiger partial charge is 0.255 e. The van der Waals surface area contributed by atoms with E-state index in [2.05, 4.69) is 16.4 Å². The number of anilines is 1. The minimum atomic E-state index is -0.275. The number of aryl methyl sites for hydroxylation is 1. The van der Waals surface area contributed by atoms with E-state index in [9.17, 15) is 4.79 Å². The van der Waals surface area contributed by atoms with Crippen LogP contribution in [0.4, 0.5) is 5.82 Å². The number of ether oxygens (including phenoxy) is 1. The Kier molecular flexibility index (Phi) is 5.33. The van der Waals surface area contributed by atoms with Gasteiger partial charge in [0.15, 0.2) is 0 Å². The summed E-state index contributed by atoms with van der Waals surface area (Å²) in [6, 6.07) is 19.8. The number of carbonyl (C=O) groups is 1. The summed E-state index contributed by atoms with van der Waals surface area (Å²) in [5.41, 5.74) is 8.29. The van der Waals surface area contributed by atoms with Gasteiger partial charge in [0.05, 0.1) is 11.1 Å². The van der Waals surface area contributed by atoms with Crippen LogP contribution in [-0.4, -0.2) is 10.9 Å². The molecule has 0 atom stereocenters. The third-order valence-electron chi connectivity index (χ3n) is 3.92. The highest BCUT2D eigenvalue weighted by atomic mass is 16.5. The molecule has 0 spiro atoms. The molecule has 134 valence electrons. The predicted molar refractivity (Wildman–Crippen MR) is 102 cm³/mol. The van der Waals surface area contributed by atoms with E-state index in [1.54, 1.807) is 42.5 Å². The van der Waals surface area contributed by atoms with E-state index in [-0.39, 0.29) is 11.7 Å². The van der Waals surface area contributed by atoms with Gasteiger partial charge >= 0.3 is 0 Å². The average Bonchev–Trinajstić information content (AvgIpc) is 2.67. The van der Waals surface area contributed by atoms with Gasteiger partial charge in [-0.1, -0.05) is 24.3 Å². The Labute approximate surface area is 157 Å². The lowest BCUT2D eigenvalue weighted by atomic mass is 10.2. The summed E-state index contributed by atoms with van der Waals surface area (Å²) in [6.45, 7) is 2.16. The second-order valence-electron chi connectivity index (χ2n) is 5.92. The molecule has 0 radical (unpaired) electrons. The number of hydrogen-bond donors (Lipinski definition) is 2. The maximum Gasteiger partial charge on any atom is 0.255 e. The van der Waals surface area contributed by atoms with Gasteiger partial charge in [0.25, 0.3) is 5.91 Å². The van der Waals surface area contributed by atoms with E-state index in [0.717, 1.165) is 11.3 Å². The minimum absolute atomic E-state index is 0.215. The minimum Gasteiger partial charge on any atom is -0.456 e. The molecule has 3 rings (SSSR count). The normalized spacial score (nSPS) is 10.1. The average molecular weight is 358 g/mol. The Bertz CT molecular complexity index is 1010. The summed E-state index contributed by atoms with van der Waals surface area (Å²) in [4.78, 5) is 16.3. The first-order valence-electron chi connectivity index (χ1n) is 8.34. The van der Waals surface area contributed by atoms with E-state index in [0.29, 0.717) is 29.2 Å².